The van der Waals surface area contributed by atoms with E-state index in [2.05, 4.69) is 0 Å². The van der Waals surface area contributed by atoms with E-state index in [0.717, 1.165) is 0 Å². The minimum atomic E-state index is -0.205. The number of hydrogen-bond acceptors (Lipinski definition) is 5. The third kappa shape index (κ3) is 3.98. The highest BCUT2D eigenvalue weighted by molar-refractivity contribution is 7.80. The molecule has 0 aromatic heterocycles. The van der Waals surface area contributed by atoms with E-state index in [9.17, 15) is 4.79 Å². The van der Waals surface area contributed by atoms with Gasteiger partial charge in [-0.15, -0.1) is 0 Å². The lowest BCUT2D eigenvalue weighted by molar-refractivity contribution is 0.0795. The lowest BCUT2D eigenvalue weighted by Crippen LogP contribution is -2.30. The molecular weight excluding hydrogens is 292 g/mol. The molecule has 0 heterocycles. The third-order valence-corrected chi connectivity index (χ3v) is 3.18. The fourth-order valence-electron chi connectivity index (χ4n) is 1.85. The summed E-state index contributed by atoms with van der Waals surface area (Å²) in [5, 5.41) is 0. The molecule has 1 amide bonds. The van der Waals surface area contributed by atoms with Crippen molar-refractivity contribution < 1.29 is 19.0 Å². The normalized spacial score (nSPS) is 9.90. The Balaban J connectivity index is 3.12. The number of thiocarbonyl (C=S) groups is 1. The first-order chi connectivity index (χ1) is 9.96. The van der Waals surface area contributed by atoms with E-state index in [1.165, 1.54) is 26.2 Å². The molecule has 0 aliphatic carbocycles. The number of benzene rings is 1. The summed E-state index contributed by atoms with van der Waals surface area (Å²) in [4.78, 5) is 14.4. The van der Waals surface area contributed by atoms with Gasteiger partial charge in [0.25, 0.3) is 5.91 Å². The smallest absolute Gasteiger partial charge is 0.257 e. The average molecular weight is 312 g/mol. The Morgan fingerprint density at radius 2 is 1.81 bits per heavy atom. The predicted octanol–water partition coefficient (Wildman–Crippen LogP) is 1.46. The highest BCUT2D eigenvalue weighted by Crippen LogP contribution is 2.40. The summed E-state index contributed by atoms with van der Waals surface area (Å²) in [5.74, 6) is 1.01. The molecule has 0 atom stereocenters. The second-order valence-corrected chi connectivity index (χ2v) is 4.85. The maximum atomic E-state index is 12.5. The first-order valence-corrected chi connectivity index (χ1v) is 6.69. The van der Waals surface area contributed by atoms with Crippen molar-refractivity contribution in [2.45, 2.75) is 6.42 Å². The van der Waals surface area contributed by atoms with Crippen LogP contribution < -0.4 is 19.9 Å². The number of nitrogens with two attached hydrogens (primary N) is 1. The van der Waals surface area contributed by atoms with Crippen LogP contribution in [0.2, 0.25) is 0 Å². The standard InChI is InChI=1S/C14H20N2O4S/c1-16(8-7-11(15)21)14(17)9-5-6-10(18-2)13(20-4)12(9)19-3/h5-6H,7-8H2,1-4H3,(H2,15,21). The van der Waals surface area contributed by atoms with Crippen LogP contribution in [-0.2, 0) is 0 Å². The van der Waals surface area contributed by atoms with Crippen LogP contribution in [0.15, 0.2) is 12.1 Å². The molecule has 7 heteroatoms. The molecule has 0 saturated carbocycles. The quantitative estimate of drug-likeness (QED) is 0.768. The molecule has 0 bridgehead atoms. The summed E-state index contributed by atoms with van der Waals surface area (Å²) in [6.45, 7) is 0.436. The topological polar surface area (TPSA) is 74.0 Å². The van der Waals surface area contributed by atoms with E-state index < -0.39 is 0 Å². The Bertz CT molecular complexity index is 534. The van der Waals surface area contributed by atoms with Crippen LogP contribution in [-0.4, -0.2) is 50.7 Å². The number of rotatable bonds is 7. The maximum Gasteiger partial charge on any atom is 0.257 e. The van der Waals surface area contributed by atoms with Gasteiger partial charge in [-0.1, -0.05) is 12.2 Å². The fourth-order valence-corrected chi connectivity index (χ4v) is 1.95. The molecule has 0 unspecified atom stereocenters. The van der Waals surface area contributed by atoms with Crippen molar-refractivity contribution >= 4 is 23.1 Å². The van der Waals surface area contributed by atoms with Gasteiger partial charge in [0.05, 0.1) is 31.9 Å². The zero-order valence-electron chi connectivity index (χ0n) is 12.6. The largest absolute Gasteiger partial charge is 0.493 e. The van der Waals surface area contributed by atoms with E-state index in [0.29, 0.717) is 40.8 Å². The van der Waals surface area contributed by atoms with Crippen molar-refractivity contribution in [2.75, 3.05) is 34.9 Å². The van der Waals surface area contributed by atoms with Gasteiger partial charge in [0.1, 0.15) is 0 Å². The van der Waals surface area contributed by atoms with Crippen LogP contribution in [0.1, 0.15) is 16.8 Å². The van der Waals surface area contributed by atoms with Crippen molar-refractivity contribution in [3.05, 3.63) is 17.7 Å². The SMILES string of the molecule is COc1ccc(C(=O)N(C)CCC(N)=S)c(OC)c1OC. The first-order valence-electron chi connectivity index (χ1n) is 6.29. The zero-order chi connectivity index (χ0) is 16.0. The monoisotopic (exact) mass is 312 g/mol. The summed E-state index contributed by atoms with van der Waals surface area (Å²) in [6.07, 6.45) is 0.465. The van der Waals surface area contributed by atoms with Crippen LogP contribution in [0.5, 0.6) is 17.2 Å². The Hall–Kier alpha value is -2.02. The maximum absolute atomic E-state index is 12.5. The van der Waals surface area contributed by atoms with Gasteiger partial charge in [-0.2, -0.15) is 0 Å². The Labute approximate surface area is 129 Å². The number of ether oxygens (including phenoxy) is 3. The van der Waals surface area contributed by atoms with Crippen LogP contribution in [0.3, 0.4) is 0 Å². The molecule has 1 rings (SSSR count). The first kappa shape index (κ1) is 17.0. The van der Waals surface area contributed by atoms with E-state index >= 15 is 0 Å². The van der Waals surface area contributed by atoms with Crippen molar-refractivity contribution in [2.24, 2.45) is 5.73 Å². The molecule has 0 radical (unpaired) electrons. The molecule has 0 saturated heterocycles. The number of hydrogen-bond donors (Lipinski definition) is 1. The molecule has 0 aliphatic rings. The van der Waals surface area contributed by atoms with E-state index in [1.807, 2.05) is 0 Å². The average Bonchev–Trinajstić information content (AvgIpc) is 2.49. The lowest BCUT2D eigenvalue weighted by atomic mass is 10.1. The summed E-state index contributed by atoms with van der Waals surface area (Å²) in [5.41, 5.74) is 5.84. The van der Waals surface area contributed by atoms with Crippen molar-refractivity contribution in [1.82, 2.24) is 4.90 Å². The second-order valence-electron chi connectivity index (χ2n) is 4.32. The molecule has 1 aromatic rings. The number of methoxy groups -OCH3 is 3. The third-order valence-electron chi connectivity index (χ3n) is 2.97. The number of amides is 1. The molecule has 0 aliphatic heterocycles. The van der Waals surface area contributed by atoms with Gasteiger partial charge in [-0.25, -0.2) is 0 Å². The summed E-state index contributed by atoms with van der Waals surface area (Å²) in [7, 11) is 6.16. The molecule has 0 fully saturated rings. The van der Waals surface area contributed by atoms with Crippen molar-refractivity contribution in [3.8, 4) is 17.2 Å². The Kier molecular flexibility index (Phi) is 6.23. The van der Waals surface area contributed by atoms with Crippen LogP contribution >= 0.6 is 12.2 Å². The van der Waals surface area contributed by atoms with Gasteiger partial charge >= 0.3 is 0 Å². The predicted molar refractivity (Wildman–Crippen MR) is 84.5 cm³/mol. The molecule has 6 nitrogen and oxygen atoms in total. The second kappa shape index (κ2) is 7.68. The highest BCUT2D eigenvalue weighted by atomic mass is 32.1. The summed E-state index contributed by atoms with van der Waals surface area (Å²) >= 11 is 4.82. The van der Waals surface area contributed by atoms with Crippen LogP contribution in [0.25, 0.3) is 0 Å². The van der Waals surface area contributed by atoms with Gasteiger partial charge in [0.15, 0.2) is 11.5 Å². The number of carbonyl (C=O) groups is 1. The summed E-state index contributed by atoms with van der Waals surface area (Å²) < 4.78 is 15.8. The van der Waals surface area contributed by atoms with E-state index in [1.54, 1.807) is 19.2 Å². The minimum absolute atomic E-state index is 0.205. The molecular formula is C14H20N2O4S. The van der Waals surface area contributed by atoms with Gasteiger partial charge in [-0.3, -0.25) is 4.79 Å². The van der Waals surface area contributed by atoms with E-state index in [4.69, 9.17) is 32.2 Å². The molecule has 21 heavy (non-hydrogen) atoms. The highest BCUT2D eigenvalue weighted by Gasteiger charge is 2.22. The Morgan fingerprint density at radius 3 is 2.29 bits per heavy atom. The van der Waals surface area contributed by atoms with Crippen molar-refractivity contribution in [1.29, 1.82) is 0 Å². The van der Waals surface area contributed by atoms with E-state index in [-0.39, 0.29) is 5.91 Å². The molecule has 2 N–H and O–H groups in total. The number of nitrogens with zero attached hydrogens (tertiary/aromatic N) is 1. The van der Waals surface area contributed by atoms with Crippen LogP contribution in [0, 0.1) is 0 Å². The fraction of sp³-hybridized carbons (Fsp3) is 0.429. The van der Waals surface area contributed by atoms with Gasteiger partial charge in [-0.05, 0) is 12.1 Å². The number of carbonyl (C=O) groups excluding carboxylic acids is 1. The minimum Gasteiger partial charge on any atom is -0.493 e. The van der Waals surface area contributed by atoms with Crippen LogP contribution in [0.4, 0.5) is 0 Å². The van der Waals surface area contributed by atoms with Gasteiger partial charge in [0.2, 0.25) is 5.75 Å². The van der Waals surface area contributed by atoms with Gasteiger partial charge < -0.3 is 24.8 Å². The Morgan fingerprint density at radius 1 is 1.19 bits per heavy atom. The molecule has 116 valence electrons. The summed E-state index contributed by atoms with van der Waals surface area (Å²) in [6, 6.07) is 3.30. The van der Waals surface area contributed by atoms with Gasteiger partial charge in [0, 0.05) is 20.0 Å². The lowest BCUT2D eigenvalue weighted by Gasteiger charge is -2.20. The zero-order valence-corrected chi connectivity index (χ0v) is 13.5. The van der Waals surface area contributed by atoms with Crippen molar-refractivity contribution in [3.63, 3.8) is 0 Å². The molecule has 1 aromatic carbocycles. The molecule has 0 spiro atoms.